The molecule has 0 saturated heterocycles. The van der Waals surface area contributed by atoms with Crippen LogP contribution in [0.3, 0.4) is 0 Å². The van der Waals surface area contributed by atoms with Gasteiger partial charge in [0.25, 0.3) is 0 Å². The molecule has 2 aliphatic rings. The van der Waals surface area contributed by atoms with Crippen molar-refractivity contribution in [2.24, 2.45) is 11.3 Å². The highest BCUT2D eigenvalue weighted by molar-refractivity contribution is 6.45. The molecule has 2 aliphatic carbocycles. The summed E-state index contributed by atoms with van der Waals surface area (Å²) in [5, 5.41) is 0.566. The zero-order valence-corrected chi connectivity index (χ0v) is 17.9. The lowest BCUT2D eigenvalue weighted by molar-refractivity contribution is 0.0744. The van der Waals surface area contributed by atoms with Crippen LogP contribution in [0.2, 0.25) is 10.0 Å². The van der Waals surface area contributed by atoms with Crippen molar-refractivity contribution in [3.8, 4) is 5.75 Å². The van der Waals surface area contributed by atoms with Gasteiger partial charge in [0.2, 0.25) is 5.91 Å². The molecule has 0 aliphatic heterocycles. The van der Waals surface area contributed by atoms with Crippen molar-refractivity contribution < 1.29 is 14.3 Å². The lowest BCUT2D eigenvalue weighted by Gasteiger charge is -2.29. The SMILES string of the molecule is CC1(C2CCCC2)Cc2cc(OCCCC(=O)n3ccnc3)c(Cl)c(Cl)c2C1=O. The summed E-state index contributed by atoms with van der Waals surface area (Å²) < 4.78 is 7.29. The third kappa shape index (κ3) is 3.71. The molecule has 1 aromatic heterocycles. The van der Waals surface area contributed by atoms with Crippen LogP contribution in [-0.2, 0) is 6.42 Å². The maximum absolute atomic E-state index is 13.2. The normalized spacial score (nSPS) is 21.6. The number of Topliss-reactive ketones (excluding diaryl/α,β-unsaturated/α-hetero) is 1. The minimum Gasteiger partial charge on any atom is -0.492 e. The van der Waals surface area contributed by atoms with Gasteiger partial charge in [0.15, 0.2) is 5.78 Å². The van der Waals surface area contributed by atoms with Gasteiger partial charge in [0.05, 0.1) is 11.6 Å². The third-order valence-electron chi connectivity index (χ3n) is 6.40. The fourth-order valence-corrected chi connectivity index (χ4v) is 5.24. The number of hydrogen-bond acceptors (Lipinski definition) is 4. The number of carbonyl (C=O) groups is 2. The van der Waals surface area contributed by atoms with E-state index in [0.717, 1.165) is 18.4 Å². The van der Waals surface area contributed by atoms with Gasteiger partial charge in [0, 0.05) is 29.8 Å². The molecule has 1 saturated carbocycles. The summed E-state index contributed by atoms with van der Waals surface area (Å²) in [4.78, 5) is 29.1. The largest absolute Gasteiger partial charge is 0.492 e. The molecule has 5 nitrogen and oxygen atoms in total. The van der Waals surface area contributed by atoms with Crippen LogP contribution in [0.1, 0.15) is 66.2 Å². The fourth-order valence-electron chi connectivity index (χ4n) is 4.74. The number of fused-ring (bicyclic) bond motifs is 1. The Kier molecular flexibility index (Phi) is 5.71. The number of rotatable bonds is 6. The van der Waals surface area contributed by atoms with Gasteiger partial charge in [-0.05, 0) is 43.2 Å². The Labute approximate surface area is 180 Å². The van der Waals surface area contributed by atoms with Crippen LogP contribution >= 0.6 is 23.2 Å². The average molecular weight is 435 g/mol. The first kappa shape index (κ1) is 20.4. The summed E-state index contributed by atoms with van der Waals surface area (Å²) in [7, 11) is 0. The highest BCUT2D eigenvalue weighted by atomic mass is 35.5. The van der Waals surface area contributed by atoms with E-state index in [1.54, 1.807) is 12.4 Å². The van der Waals surface area contributed by atoms with Crippen LogP contribution < -0.4 is 4.74 Å². The first-order valence-corrected chi connectivity index (χ1v) is 10.9. The minimum atomic E-state index is -0.401. The Morgan fingerprint density at radius 1 is 1.31 bits per heavy atom. The smallest absolute Gasteiger partial charge is 0.231 e. The summed E-state index contributed by atoms with van der Waals surface area (Å²) in [6, 6.07) is 1.86. The monoisotopic (exact) mass is 434 g/mol. The van der Waals surface area contributed by atoms with Crippen molar-refractivity contribution in [2.45, 2.75) is 51.9 Å². The first-order chi connectivity index (χ1) is 13.9. The lowest BCUT2D eigenvalue weighted by atomic mass is 9.73. The molecular formula is C22H24Cl2N2O3. The molecule has 0 bridgehead atoms. The van der Waals surface area contributed by atoms with E-state index in [-0.39, 0.29) is 16.7 Å². The number of benzene rings is 1. The van der Waals surface area contributed by atoms with E-state index in [1.807, 2.05) is 6.07 Å². The van der Waals surface area contributed by atoms with Crippen molar-refractivity contribution >= 4 is 34.9 Å². The van der Waals surface area contributed by atoms with Crippen molar-refractivity contribution in [1.82, 2.24) is 9.55 Å². The number of aromatic nitrogens is 2. The van der Waals surface area contributed by atoms with Gasteiger partial charge in [-0.1, -0.05) is 43.0 Å². The molecule has 1 heterocycles. The van der Waals surface area contributed by atoms with Crippen LogP contribution in [0, 0.1) is 11.3 Å². The van der Waals surface area contributed by atoms with Crippen LogP contribution in [0.5, 0.6) is 5.75 Å². The van der Waals surface area contributed by atoms with Gasteiger partial charge < -0.3 is 4.74 Å². The second-order valence-corrected chi connectivity index (χ2v) is 9.01. The zero-order chi connectivity index (χ0) is 20.6. The standard InChI is InChI=1S/C22H24Cl2N2O3/c1-22(15-5-2-3-6-15)12-14-11-16(19(23)20(24)18(14)21(22)28)29-10-4-7-17(27)26-9-8-25-13-26/h8-9,11,13,15H,2-7,10,12H2,1H3. The minimum absolute atomic E-state index is 0.0397. The molecule has 0 amide bonds. The number of carbonyl (C=O) groups excluding carboxylic acids is 2. The first-order valence-electron chi connectivity index (χ1n) is 10.1. The molecule has 4 rings (SSSR count). The van der Waals surface area contributed by atoms with E-state index < -0.39 is 5.41 Å². The predicted octanol–water partition coefficient (Wildman–Crippen LogP) is 5.62. The fraction of sp³-hybridized carbons (Fsp3) is 0.500. The molecule has 1 aromatic carbocycles. The number of ketones is 1. The van der Waals surface area contributed by atoms with Gasteiger partial charge >= 0.3 is 0 Å². The summed E-state index contributed by atoms with van der Waals surface area (Å²) in [6.07, 6.45) is 10.8. The van der Waals surface area contributed by atoms with E-state index in [1.165, 1.54) is 23.7 Å². The van der Waals surface area contributed by atoms with Crippen LogP contribution in [0.4, 0.5) is 0 Å². The molecule has 2 aromatic rings. The quantitative estimate of drug-likeness (QED) is 0.553. The maximum atomic E-state index is 13.2. The van der Waals surface area contributed by atoms with Crippen LogP contribution in [0.25, 0.3) is 0 Å². The van der Waals surface area contributed by atoms with Crippen molar-refractivity contribution in [1.29, 1.82) is 0 Å². The number of nitrogens with zero attached hydrogens (tertiary/aromatic N) is 2. The van der Waals surface area contributed by atoms with Gasteiger partial charge in [0.1, 0.15) is 17.1 Å². The van der Waals surface area contributed by atoms with Crippen molar-refractivity contribution in [3.05, 3.63) is 46.0 Å². The number of imidazole rings is 1. The molecule has 0 radical (unpaired) electrons. The average Bonchev–Trinajstić information content (AvgIpc) is 3.45. The van der Waals surface area contributed by atoms with Crippen molar-refractivity contribution in [3.63, 3.8) is 0 Å². The van der Waals surface area contributed by atoms with Gasteiger partial charge in [-0.2, -0.15) is 0 Å². The van der Waals surface area contributed by atoms with Crippen molar-refractivity contribution in [2.75, 3.05) is 6.61 Å². The van der Waals surface area contributed by atoms with E-state index in [2.05, 4.69) is 11.9 Å². The number of halogens is 2. The second kappa shape index (κ2) is 8.11. The number of ether oxygens (including phenoxy) is 1. The van der Waals surface area contributed by atoms with E-state index in [0.29, 0.717) is 48.1 Å². The van der Waals surface area contributed by atoms with Gasteiger partial charge in [-0.15, -0.1) is 0 Å². The van der Waals surface area contributed by atoms with E-state index in [4.69, 9.17) is 27.9 Å². The summed E-state index contributed by atoms with van der Waals surface area (Å²) in [5.74, 6) is 0.954. The molecule has 1 fully saturated rings. The summed E-state index contributed by atoms with van der Waals surface area (Å²) in [6.45, 7) is 2.40. The zero-order valence-electron chi connectivity index (χ0n) is 16.4. The topological polar surface area (TPSA) is 61.2 Å². The molecule has 7 heteroatoms. The van der Waals surface area contributed by atoms with Gasteiger partial charge in [-0.3, -0.25) is 14.2 Å². The highest BCUT2D eigenvalue weighted by Crippen LogP contribution is 2.52. The van der Waals surface area contributed by atoms with Crippen LogP contribution in [0.15, 0.2) is 24.8 Å². The lowest BCUT2D eigenvalue weighted by Crippen LogP contribution is -2.32. The molecule has 0 spiro atoms. The molecule has 29 heavy (non-hydrogen) atoms. The van der Waals surface area contributed by atoms with Gasteiger partial charge in [-0.25, -0.2) is 4.98 Å². The van der Waals surface area contributed by atoms with E-state index >= 15 is 0 Å². The van der Waals surface area contributed by atoms with E-state index in [9.17, 15) is 9.59 Å². The van der Waals surface area contributed by atoms with Crippen LogP contribution in [-0.4, -0.2) is 27.8 Å². The highest BCUT2D eigenvalue weighted by Gasteiger charge is 2.49. The summed E-state index contributed by atoms with van der Waals surface area (Å²) in [5.41, 5.74) is 1.08. The maximum Gasteiger partial charge on any atom is 0.231 e. The Morgan fingerprint density at radius 3 is 2.76 bits per heavy atom. The molecule has 154 valence electrons. The second-order valence-electron chi connectivity index (χ2n) is 8.26. The predicted molar refractivity (Wildman–Crippen MR) is 112 cm³/mol. The molecule has 0 N–H and O–H groups in total. The Bertz CT molecular complexity index is 936. The molecule has 1 unspecified atom stereocenters. The number of hydrogen-bond donors (Lipinski definition) is 0. The Balaban J connectivity index is 1.45. The third-order valence-corrected chi connectivity index (χ3v) is 7.25. The Morgan fingerprint density at radius 2 is 2.07 bits per heavy atom. The molecule has 1 atom stereocenters. The molecular weight excluding hydrogens is 411 g/mol. The Hall–Kier alpha value is -1.85. The summed E-state index contributed by atoms with van der Waals surface area (Å²) >= 11 is 12.9.